The number of hydrogen-bond donors (Lipinski definition) is 1. The van der Waals surface area contributed by atoms with Crippen molar-refractivity contribution in [3.8, 4) is 17.2 Å². The molecular formula is C26H22BrNO2. The van der Waals surface area contributed by atoms with E-state index in [0.717, 1.165) is 38.5 Å². The lowest BCUT2D eigenvalue weighted by atomic mass is 10.2. The molecule has 0 amide bonds. The van der Waals surface area contributed by atoms with E-state index in [4.69, 9.17) is 9.47 Å². The number of nitrogens with one attached hydrogen (secondary N) is 1. The van der Waals surface area contributed by atoms with Crippen molar-refractivity contribution in [2.45, 2.75) is 13.2 Å². The molecule has 4 rings (SSSR count). The van der Waals surface area contributed by atoms with Crippen molar-refractivity contribution in [2.75, 3.05) is 5.32 Å². The second-order valence-corrected chi connectivity index (χ2v) is 7.77. The SMILES string of the molecule is Brc1ccc(COc2cccc(CNc3ccc(Oc4ccccc4)cc3)c2)cc1. The van der Waals surface area contributed by atoms with Crippen LogP contribution in [0.5, 0.6) is 17.2 Å². The minimum absolute atomic E-state index is 0.549. The first-order chi connectivity index (χ1) is 14.7. The molecule has 0 unspecified atom stereocenters. The molecule has 0 radical (unpaired) electrons. The molecule has 0 bridgehead atoms. The number of benzene rings is 4. The summed E-state index contributed by atoms with van der Waals surface area (Å²) < 4.78 is 12.8. The summed E-state index contributed by atoms with van der Waals surface area (Å²) in [7, 11) is 0. The minimum atomic E-state index is 0.549. The van der Waals surface area contributed by atoms with Gasteiger partial charge in [0.2, 0.25) is 0 Å². The number of halogens is 1. The molecule has 0 fully saturated rings. The predicted octanol–water partition coefficient (Wildman–Crippen LogP) is 7.43. The molecule has 0 saturated carbocycles. The quantitative estimate of drug-likeness (QED) is 0.297. The van der Waals surface area contributed by atoms with Crippen molar-refractivity contribution in [1.29, 1.82) is 0 Å². The van der Waals surface area contributed by atoms with Gasteiger partial charge < -0.3 is 14.8 Å². The van der Waals surface area contributed by atoms with E-state index in [0.29, 0.717) is 13.2 Å². The van der Waals surface area contributed by atoms with E-state index < -0.39 is 0 Å². The first kappa shape index (κ1) is 20.0. The summed E-state index contributed by atoms with van der Waals surface area (Å²) >= 11 is 3.45. The number of hydrogen-bond acceptors (Lipinski definition) is 3. The van der Waals surface area contributed by atoms with Crippen LogP contribution in [0.15, 0.2) is 108 Å². The fraction of sp³-hybridized carbons (Fsp3) is 0.0769. The fourth-order valence-corrected chi connectivity index (χ4v) is 3.23. The Morgan fingerprint density at radius 3 is 2.10 bits per heavy atom. The summed E-state index contributed by atoms with van der Waals surface area (Å²) in [6, 6.07) is 34.1. The van der Waals surface area contributed by atoms with Crippen LogP contribution in [0.4, 0.5) is 5.69 Å². The van der Waals surface area contributed by atoms with Gasteiger partial charge in [-0.3, -0.25) is 0 Å². The summed E-state index contributed by atoms with van der Waals surface area (Å²) in [5.41, 5.74) is 3.34. The largest absolute Gasteiger partial charge is 0.489 e. The Morgan fingerprint density at radius 1 is 0.633 bits per heavy atom. The standard InChI is InChI=1S/C26H22BrNO2/c27-22-11-9-20(10-12-22)19-29-26-8-4-5-21(17-26)18-28-23-13-15-25(16-14-23)30-24-6-2-1-3-7-24/h1-17,28H,18-19H2. The van der Waals surface area contributed by atoms with E-state index in [1.165, 1.54) is 0 Å². The maximum atomic E-state index is 5.94. The Labute approximate surface area is 185 Å². The van der Waals surface area contributed by atoms with Gasteiger partial charge in [0.1, 0.15) is 23.9 Å². The van der Waals surface area contributed by atoms with Crippen molar-refractivity contribution in [2.24, 2.45) is 0 Å². The predicted molar refractivity (Wildman–Crippen MR) is 125 cm³/mol. The number of rotatable bonds is 8. The summed E-state index contributed by atoms with van der Waals surface area (Å²) in [6.45, 7) is 1.27. The summed E-state index contributed by atoms with van der Waals surface area (Å²) in [6.07, 6.45) is 0. The molecule has 4 heteroatoms. The molecule has 150 valence electrons. The smallest absolute Gasteiger partial charge is 0.127 e. The Kier molecular flexibility index (Phi) is 6.68. The monoisotopic (exact) mass is 459 g/mol. The zero-order chi connectivity index (χ0) is 20.6. The normalized spacial score (nSPS) is 10.4. The van der Waals surface area contributed by atoms with Crippen molar-refractivity contribution in [3.63, 3.8) is 0 Å². The molecule has 0 aliphatic rings. The molecule has 0 heterocycles. The highest BCUT2D eigenvalue weighted by molar-refractivity contribution is 9.10. The maximum Gasteiger partial charge on any atom is 0.127 e. The maximum absolute atomic E-state index is 5.94. The van der Waals surface area contributed by atoms with Crippen LogP contribution in [-0.2, 0) is 13.2 Å². The lowest BCUT2D eigenvalue weighted by Gasteiger charge is -2.11. The molecule has 0 saturated heterocycles. The van der Waals surface area contributed by atoms with Gasteiger partial charge in [-0.2, -0.15) is 0 Å². The van der Waals surface area contributed by atoms with E-state index in [1.54, 1.807) is 0 Å². The van der Waals surface area contributed by atoms with E-state index >= 15 is 0 Å². The highest BCUT2D eigenvalue weighted by Gasteiger charge is 2.01. The summed E-state index contributed by atoms with van der Waals surface area (Å²) in [5.74, 6) is 2.51. The minimum Gasteiger partial charge on any atom is -0.489 e. The van der Waals surface area contributed by atoms with E-state index in [9.17, 15) is 0 Å². The first-order valence-electron chi connectivity index (χ1n) is 9.78. The zero-order valence-corrected chi connectivity index (χ0v) is 18.0. The highest BCUT2D eigenvalue weighted by Crippen LogP contribution is 2.23. The van der Waals surface area contributed by atoms with Crippen LogP contribution in [0, 0.1) is 0 Å². The Morgan fingerprint density at radius 2 is 1.33 bits per heavy atom. The van der Waals surface area contributed by atoms with Crippen molar-refractivity contribution in [1.82, 2.24) is 0 Å². The summed E-state index contributed by atoms with van der Waals surface area (Å²) in [5, 5.41) is 3.44. The van der Waals surface area contributed by atoms with Crippen molar-refractivity contribution < 1.29 is 9.47 Å². The molecule has 1 N–H and O–H groups in total. The number of ether oxygens (including phenoxy) is 2. The van der Waals surface area contributed by atoms with E-state index in [2.05, 4.69) is 45.5 Å². The van der Waals surface area contributed by atoms with Crippen molar-refractivity contribution in [3.05, 3.63) is 119 Å². The molecule has 0 aromatic heterocycles. The molecule has 0 spiro atoms. The Bertz CT molecular complexity index is 1060. The van der Waals surface area contributed by atoms with E-state index in [-0.39, 0.29) is 0 Å². The molecule has 30 heavy (non-hydrogen) atoms. The first-order valence-corrected chi connectivity index (χ1v) is 10.6. The Hall–Kier alpha value is -3.24. The third-order valence-electron chi connectivity index (χ3n) is 4.55. The molecule has 0 atom stereocenters. The molecular weight excluding hydrogens is 438 g/mol. The van der Waals surface area contributed by atoms with Crippen LogP contribution in [0.3, 0.4) is 0 Å². The number of anilines is 1. The van der Waals surface area contributed by atoms with Gasteiger partial charge in [0.05, 0.1) is 0 Å². The molecule has 4 aromatic carbocycles. The van der Waals surface area contributed by atoms with Crippen molar-refractivity contribution >= 4 is 21.6 Å². The van der Waals surface area contributed by atoms with Gasteiger partial charge >= 0.3 is 0 Å². The Balaban J connectivity index is 1.30. The molecule has 4 aromatic rings. The molecule has 3 nitrogen and oxygen atoms in total. The second-order valence-electron chi connectivity index (χ2n) is 6.86. The lowest BCUT2D eigenvalue weighted by Crippen LogP contribution is -2.00. The lowest BCUT2D eigenvalue weighted by molar-refractivity contribution is 0.306. The molecule has 0 aliphatic carbocycles. The van der Waals surface area contributed by atoms with Gasteiger partial charge in [0, 0.05) is 16.7 Å². The fourth-order valence-electron chi connectivity index (χ4n) is 2.96. The van der Waals surface area contributed by atoms with Crippen LogP contribution in [0.1, 0.15) is 11.1 Å². The zero-order valence-electron chi connectivity index (χ0n) is 16.4. The van der Waals surface area contributed by atoms with Gasteiger partial charge in [-0.1, -0.05) is 58.4 Å². The van der Waals surface area contributed by atoms with E-state index in [1.807, 2.05) is 78.9 Å². The number of para-hydroxylation sites is 1. The third kappa shape index (κ3) is 5.88. The topological polar surface area (TPSA) is 30.5 Å². The molecule has 0 aliphatic heterocycles. The average Bonchev–Trinajstić information content (AvgIpc) is 2.79. The van der Waals surface area contributed by atoms with Crippen LogP contribution >= 0.6 is 15.9 Å². The third-order valence-corrected chi connectivity index (χ3v) is 5.08. The van der Waals surface area contributed by atoms with Crippen LogP contribution < -0.4 is 14.8 Å². The average molecular weight is 460 g/mol. The highest BCUT2D eigenvalue weighted by atomic mass is 79.9. The second kappa shape index (κ2) is 9.99. The van der Waals surface area contributed by atoms with Crippen LogP contribution in [-0.4, -0.2) is 0 Å². The van der Waals surface area contributed by atoms with Crippen LogP contribution in [0.2, 0.25) is 0 Å². The van der Waals surface area contributed by atoms with Gasteiger partial charge in [-0.15, -0.1) is 0 Å². The van der Waals surface area contributed by atoms with Gasteiger partial charge in [0.25, 0.3) is 0 Å². The van der Waals surface area contributed by atoms with Gasteiger partial charge in [0.15, 0.2) is 0 Å². The summed E-state index contributed by atoms with van der Waals surface area (Å²) in [4.78, 5) is 0. The van der Waals surface area contributed by atoms with Gasteiger partial charge in [-0.05, 0) is 71.8 Å². The van der Waals surface area contributed by atoms with Crippen LogP contribution in [0.25, 0.3) is 0 Å². The van der Waals surface area contributed by atoms with Gasteiger partial charge in [-0.25, -0.2) is 0 Å².